The summed E-state index contributed by atoms with van der Waals surface area (Å²) >= 11 is 1.43. The van der Waals surface area contributed by atoms with E-state index in [2.05, 4.69) is 10.3 Å². The van der Waals surface area contributed by atoms with Gasteiger partial charge >= 0.3 is 0 Å². The number of carbonyl (C=O) groups is 1. The van der Waals surface area contributed by atoms with Crippen molar-refractivity contribution in [3.05, 3.63) is 34.7 Å². The Hall–Kier alpha value is -2.08. The zero-order valence-electron chi connectivity index (χ0n) is 11.9. The topological polar surface area (TPSA) is 77.2 Å². The van der Waals surface area contributed by atoms with Crippen LogP contribution in [-0.2, 0) is 4.79 Å². The van der Waals surface area contributed by atoms with Gasteiger partial charge in [-0.25, -0.2) is 4.98 Å². The zero-order chi connectivity index (χ0) is 15.0. The molecule has 1 amide bonds. The Bertz CT molecular complexity index is 681. The molecule has 5 nitrogen and oxygen atoms in total. The number of nitrogen functional groups attached to an aromatic ring is 1. The van der Waals surface area contributed by atoms with Crippen LogP contribution in [0.2, 0.25) is 0 Å². The summed E-state index contributed by atoms with van der Waals surface area (Å²) in [5.41, 5.74) is 6.82. The summed E-state index contributed by atoms with van der Waals surface area (Å²) in [6.45, 7) is 3.98. The van der Waals surface area contributed by atoms with Gasteiger partial charge in [-0.15, -0.1) is 0 Å². The molecule has 1 aromatic heterocycles. The summed E-state index contributed by atoms with van der Waals surface area (Å²) < 4.78 is 5.73. The first-order chi connectivity index (χ1) is 10.0. The van der Waals surface area contributed by atoms with Crippen LogP contribution in [-0.4, -0.2) is 17.0 Å². The summed E-state index contributed by atoms with van der Waals surface area (Å²) in [5, 5.41) is 3.25. The number of hydrogen-bond donors (Lipinski definition) is 2. The van der Waals surface area contributed by atoms with E-state index in [9.17, 15) is 4.79 Å². The van der Waals surface area contributed by atoms with E-state index in [4.69, 9.17) is 10.5 Å². The van der Waals surface area contributed by atoms with Crippen LogP contribution in [0.15, 0.2) is 24.3 Å². The Morgan fingerprint density at radius 3 is 3.05 bits per heavy atom. The van der Waals surface area contributed by atoms with Gasteiger partial charge in [0.25, 0.3) is 0 Å². The maximum atomic E-state index is 11.9. The normalized spacial score (nSPS) is 17.5. The molecule has 6 heteroatoms. The van der Waals surface area contributed by atoms with Gasteiger partial charge in [0.1, 0.15) is 11.6 Å². The van der Waals surface area contributed by atoms with Gasteiger partial charge in [0.2, 0.25) is 5.91 Å². The lowest BCUT2D eigenvalue weighted by molar-refractivity contribution is -0.116. The third kappa shape index (κ3) is 2.85. The monoisotopic (exact) mass is 303 g/mol. The van der Waals surface area contributed by atoms with Crippen LogP contribution in [0.25, 0.3) is 0 Å². The van der Waals surface area contributed by atoms with E-state index in [1.807, 2.05) is 38.1 Å². The number of fused-ring (bicyclic) bond motifs is 1. The van der Waals surface area contributed by atoms with E-state index >= 15 is 0 Å². The first-order valence-corrected chi connectivity index (χ1v) is 7.67. The molecule has 21 heavy (non-hydrogen) atoms. The second-order valence-electron chi connectivity index (χ2n) is 5.31. The molecule has 0 spiro atoms. The van der Waals surface area contributed by atoms with Gasteiger partial charge in [-0.05, 0) is 31.5 Å². The van der Waals surface area contributed by atoms with Gasteiger partial charge in [0.15, 0.2) is 5.13 Å². The molecule has 1 aliphatic rings. The van der Waals surface area contributed by atoms with Crippen molar-refractivity contribution in [3.8, 4) is 5.75 Å². The molecule has 2 aromatic rings. The number of amides is 1. The fourth-order valence-corrected chi connectivity index (χ4v) is 3.40. The highest BCUT2D eigenvalue weighted by atomic mass is 32.1. The molecule has 1 aromatic carbocycles. The Morgan fingerprint density at radius 2 is 2.29 bits per heavy atom. The number of aromatic nitrogens is 1. The molecular formula is C15H17N3O2S. The second kappa shape index (κ2) is 5.37. The number of ether oxygens (including phenoxy) is 1. The molecular weight excluding hydrogens is 286 g/mol. The molecule has 0 saturated carbocycles. The van der Waals surface area contributed by atoms with Crippen molar-refractivity contribution in [2.24, 2.45) is 0 Å². The molecule has 0 unspecified atom stereocenters. The lowest BCUT2D eigenvalue weighted by Gasteiger charge is -2.22. The molecule has 110 valence electrons. The number of nitrogens with one attached hydrogen (secondary N) is 1. The maximum Gasteiger partial charge on any atom is 0.226 e. The number of nitrogens with two attached hydrogens (primary N) is 1. The summed E-state index contributed by atoms with van der Waals surface area (Å²) in [5.74, 6) is 1.36. The van der Waals surface area contributed by atoms with Crippen molar-refractivity contribution < 1.29 is 9.53 Å². The van der Waals surface area contributed by atoms with Crippen molar-refractivity contribution in [2.45, 2.75) is 32.3 Å². The highest BCUT2D eigenvalue weighted by Crippen LogP contribution is 2.42. The Labute approximate surface area is 127 Å². The van der Waals surface area contributed by atoms with Crippen molar-refractivity contribution >= 4 is 28.2 Å². The largest absolute Gasteiger partial charge is 0.491 e. The number of hydrogen-bond acceptors (Lipinski definition) is 5. The van der Waals surface area contributed by atoms with Gasteiger partial charge in [0.05, 0.1) is 11.0 Å². The first-order valence-electron chi connectivity index (χ1n) is 6.85. The summed E-state index contributed by atoms with van der Waals surface area (Å²) in [7, 11) is 0. The Balaban J connectivity index is 1.98. The van der Waals surface area contributed by atoms with Crippen molar-refractivity contribution in [2.75, 3.05) is 11.1 Å². The minimum Gasteiger partial charge on any atom is -0.491 e. The summed E-state index contributed by atoms with van der Waals surface area (Å²) in [6, 6.07) is 7.87. The first kappa shape index (κ1) is 13.9. The third-order valence-corrected chi connectivity index (χ3v) is 4.26. The predicted octanol–water partition coefficient (Wildman–Crippen LogP) is 2.99. The molecule has 1 aliphatic heterocycles. The number of benzene rings is 1. The molecule has 0 saturated heterocycles. The van der Waals surface area contributed by atoms with Crippen LogP contribution in [0.5, 0.6) is 5.75 Å². The smallest absolute Gasteiger partial charge is 0.226 e. The number of thiazole rings is 1. The van der Waals surface area contributed by atoms with E-state index in [0.717, 1.165) is 16.2 Å². The van der Waals surface area contributed by atoms with Gasteiger partial charge in [-0.1, -0.05) is 23.5 Å². The van der Waals surface area contributed by atoms with Crippen LogP contribution < -0.4 is 15.8 Å². The standard InChI is InChI=1S/C15H17N3O2S/c1-8(2)20-10-5-3-4-9(6-10)11-7-12(19)17-14-13(11)21-15(16)18-14/h3-6,8,11H,7H2,1-2H3,(H2,16,18)(H,17,19)/t11-/m0/s1. The van der Waals surface area contributed by atoms with Crippen LogP contribution in [0.3, 0.4) is 0 Å². The Kier molecular flexibility index (Phi) is 3.55. The van der Waals surface area contributed by atoms with Gasteiger partial charge in [0, 0.05) is 12.3 Å². The van der Waals surface area contributed by atoms with E-state index in [1.54, 1.807) is 0 Å². The zero-order valence-corrected chi connectivity index (χ0v) is 12.7. The molecule has 0 aliphatic carbocycles. The average molecular weight is 303 g/mol. The molecule has 2 heterocycles. The molecule has 0 bridgehead atoms. The highest BCUT2D eigenvalue weighted by Gasteiger charge is 2.30. The number of anilines is 2. The number of nitrogens with zero attached hydrogens (tertiary/aromatic N) is 1. The summed E-state index contributed by atoms with van der Waals surface area (Å²) in [6.07, 6.45) is 0.518. The van der Waals surface area contributed by atoms with E-state index < -0.39 is 0 Å². The average Bonchev–Trinajstić information content (AvgIpc) is 2.77. The SMILES string of the molecule is CC(C)Oc1cccc([C@@H]2CC(=O)Nc3nc(N)sc32)c1. The number of carbonyl (C=O) groups excluding carboxylic acids is 1. The summed E-state index contributed by atoms with van der Waals surface area (Å²) in [4.78, 5) is 17.1. The van der Waals surface area contributed by atoms with Gasteiger partial charge in [-0.3, -0.25) is 4.79 Å². The third-order valence-electron chi connectivity index (χ3n) is 3.27. The maximum absolute atomic E-state index is 11.9. The quantitative estimate of drug-likeness (QED) is 0.914. The van der Waals surface area contributed by atoms with Crippen LogP contribution in [0.1, 0.15) is 36.6 Å². The second-order valence-corrected chi connectivity index (χ2v) is 6.37. The lowest BCUT2D eigenvalue weighted by atomic mass is 9.91. The van der Waals surface area contributed by atoms with Crippen molar-refractivity contribution in [1.29, 1.82) is 0 Å². The van der Waals surface area contributed by atoms with Crippen LogP contribution >= 0.6 is 11.3 Å². The van der Waals surface area contributed by atoms with Crippen molar-refractivity contribution in [3.63, 3.8) is 0 Å². The fraction of sp³-hybridized carbons (Fsp3) is 0.333. The fourth-order valence-electron chi connectivity index (χ4n) is 2.48. The van der Waals surface area contributed by atoms with Crippen molar-refractivity contribution in [1.82, 2.24) is 4.98 Å². The minimum atomic E-state index is -0.0343. The lowest BCUT2D eigenvalue weighted by Crippen LogP contribution is -2.22. The molecule has 0 radical (unpaired) electrons. The molecule has 3 rings (SSSR count). The molecule has 0 fully saturated rings. The predicted molar refractivity (Wildman–Crippen MR) is 83.8 cm³/mol. The highest BCUT2D eigenvalue weighted by molar-refractivity contribution is 7.16. The van der Waals surface area contributed by atoms with E-state index in [1.165, 1.54) is 11.3 Å². The van der Waals surface area contributed by atoms with Crippen LogP contribution in [0, 0.1) is 0 Å². The minimum absolute atomic E-state index is 0.0146. The molecule has 1 atom stereocenters. The Morgan fingerprint density at radius 1 is 1.48 bits per heavy atom. The van der Waals surface area contributed by atoms with Crippen LogP contribution in [0.4, 0.5) is 10.9 Å². The molecule has 3 N–H and O–H groups in total. The van der Waals surface area contributed by atoms with Gasteiger partial charge < -0.3 is 15.8 Å². The van der Waals surface area contributed by atoms with Gasteiger partial charge in [-0.2, -0.15) is 0 Å². The number of rotatable bonds is 3. The van der Waals surface area contributed by atoms with E-state index in [0.29, 0.717) is 17.4 Å². The van der Waals surface area contributed by atoms with E-state index in [-0.39, 0.29) is 17.9 Å².